The molecule has 0 aromatic heterocycles. The molecule has 0 aromatic carbocycles. The molecule has 1 saturated carbocycles. The van der Waals surface area contributed by atoms with Crippen molar-refractivity contribution in [3.05, 3.63) is 0 Å². The molecule has 0 unspecified atom stereocenters. The highest BCUT2D eigenvalue weighted by Crippen LogP contribution is 2.35. The molecule has 0 radical (unpaired) electrons. The van der Waals surface area contributed by atoms with E-state index in [1.165, 1.54) is 25.7 Å². The van der Waals surface area contributed by atoms with E-state index < -0.39 is 0 Å². The van der Waals surface area contributed by atoms with Gasteiger partial charge in [0.2, 0.25) is 0 Å². The van der Waals surface area contributed by atoms with E-state index in [2.05, 4.69) is 4.90 Å². The third-order valence-corrected chi connectivity index (χ3v) is 3.76. The maximum absolute atomic E-state index is 12.0. The van der Waals surface area contributed by atoms with Gasteiger partial charge >= 0.3 is 6.03 Å². The predicted molar refractivity (Wildman–Crippen MR) is 56.2 cm³/mol. The van der Waals surface area contributed by atoms with E-state index in [1.807, 2.05) is 18.9 Å². The Hall–Kier alpha value is -0.730. The van der Waals surface area contributed by atoms with Gasteiger partial charge in [-0.15, -0.1) is 0 Å². The van der Waals surface area contributed by atoms with Crippen LogP contribution in [0.3, 0.4) is 0 Å². The Kier molecular flexibility index (Phi) is 2.66. The molecule has 2 aliphatic heterocycles. The lowest BCUT2D eigenvalue weighted by Gasteiger charge is -2.46. The average molecular weight is 196 g/mol. The number of piperidine rings is 2. The van der Waals surface area contributed by atoms with Crippen LogP contribution in [0.5, 0.6) is 0 Å². The van der Waals surface area contributed by atoms with Gasteiger partial charge in [-0.05, 0) is 38.5 Å². The van der Waals surface area contributed by atoms with E-state index in [9.17, 15) is 4.79 Å². The van der Waals surface area contributed by atoms with Gasteiger partial charge in [0.15, 0.2) is 0 Å². The zero-order valence-electron chi connectivity index (χ0n) is 9.20. The Morgan fingerprint density at radius 3 is 2.43 bits per heavy atom. The lowest BCUT2D eigenvalue weighted by Crippen LogP contribution is -2.54. The summed E-state index contributed by atoms with van der Waals surface area (Å²) in [5.74, 6) is 0.786. The number of rotatable bonds is 1. The van der Waals surface area contributed by atoms with Crippen LogP contribution in [0.25, 0.3) is 0 Å². The standard InChI is InChI=1S/C11H20N2O/c1-3-12(2)11(14)13-8-9-4-6-10(13)7-5-9/h9-10H,3-8H2,1-2H3. The van der Waals surface area contributed by atoms with Crippen molar-refractivity contribution in [3.63, 3.8) is 0 Å². The molecule has 3 aliphatic rings. The predicted octanol–water partition coefficient (Wildman–Crippen LogP) is 1.93. The van der Waals surface area contributed by atoms with Crippen LogP contribution in [0.4, 0.5) is 4.79 Å². The maximum Gasteiger partial charge on any atom is 0.319 e. The summed E-state index contributed by atoms with van der Waals surface area (Å²) in [5.41, 5.74) is 0. The molecule has 0 N–H and O–H groups in total. The molecule has 1 aliphatic carbocycles. The van der Waals surface area contributed by atoms with Gasteiger partial charge in [-0.1, -0.05) is 0 Å². The van der Waals surface area contributed by atoms with E-state index >= 15 is 0 Å². The molecule has 0 aromatic rings. The van der Waals surface area contributed by atoms with Gasteiger partial charge in [0.1, 0.15) is 0 Å². The van der Waals surface area contributed by atoms with Gasteiger partial charge in [0.25, 0.3) is 0 Å². The topological polar surface area (TPSA) is 23.6 Å². The minimum atomic E-state index is 0.238. The number of hydrogen-bond donors (Lipinski definition) is 0. The van der Waals surface area contributed by atoms with Crippen molar-refractivity contribution in [2.45, 2.75) is 38.6 Å². The van der Waals surface area contributed by atoms with Crippen LogP contribution in [0.1, 0.15) is 32.6 Å². The minimum absolute atomic E-state index is 0.238. The van der Waals surface area contributed by atoms with Crippen molar-refractivity contribution in [3.8, 4) is 0 Å². The average Bonchev–Trinajstić information content (AvgIpc) is 2.28. The molecular formula is C11H20N2O. The summed E-state index contributed by atoms with van der Waals surface area (Å²) < 4.78 is 0. The molecule has 3 nitrogen and oxygen atoms in total. The summed E-state index contributed by atoms with van der Waals surface area (Å²) in [7, 11) is 1.89. The summed E-state index contributed by atoms with van der Waals surface area (Å²) in [4.78, 5) is 15.9. The van der Waals surface area contributed by atoms with Crippen LogP contribution in [0.2, 0.25) is 0 Å². The number of carbonyl (C=O) groups is 1. The molecule has 80 valence electrons. The zero-order valence-corrected chi connectivity index (χ0v) is 9.20. The van der Waals surface area contributed by atoms with Gasteiger partial charge in [0.05, 0.1) is 0 Å². The first-order chi connectivity index (χ1) is 6.72. The fourth-order valence-corrected chi connectivity index (χ4v) is 2.66. The highest BCUT2D eigenvalue weighted by atomic mass is 16.2. The Morgan fingerprint density at radius 1 is 1.36 bits per heavy atom. The second kappa shape index (κ2) is 3.79. The minimum Gasteiger partial charge on any atom is -0.328 e. The Balaban J connectivity index is 2.01. The first kappa shape index (κ1) is 9.81. The third kappa shape index (κ3) is 1.60. The molecule has 2 heterocycles. The number of nitrogens with zero attached hydrogens (tertiary/aromatic N) is 2. The van der Waals surface area contributed by atoms with Crippen molar-refractivity contribution in [2.75, 3.05) is 20.1 Å². The van der Waals surface area contributed by atoms with Crippen LogP contribution in [-0.2, 0) is 0 Å². The maximum atomic E-state index is 12.0. The van der Waals surface area contributed by atoms with Crippen molar-refractivity contribution >= 4 is 6.03 Å². The number of fused-ring (bicyclic) bond motifs is 3. The molecule has 0 atom stereocenters. The van der Waals surface area contributed by atoms with Crippen LogP contribution in [0, 0.1) is 5.92 Å². The summed E-state index contributed by atoms with van der Waals surface area (Å²) in [6, 6.07) is 0.781. The highest BCUT2D eigenvalue weighted by Gasteiger charge is 2.36. The number of urea groups is 1. The molecule has 2 bridgehead atoms. The molecule has 3 heteroatoms. The van der Waals surface area contributed by atoms with Crippen LogP contribution in [-0.4, -0.2) is 42.0 Å². The number of amides is 2. The molecule has 2 amide bonds. The molecule has 14 heavy (non-hydrogen) atoms. The van der Waals surface area contributed by atoms with Gasteiger partial charge in [-0.3, -0.25) is 0 Å². The molecule has 0 spiro atoms. The van der Waals surface area contributed by atoms with Crippen LogP contribution in [0.15, 0.2) is 0 Å². The van der Waals surface area contributed by atoms with Crippen molar-refractivity contribution in [1.82, 2.24) is 9.80 Å². The second-order valence-corrected chi connectivity index (χ2v) is 4.62. The monoisotopic (exact) mass is 196 g/mol. The SMILES string of the molecule is CCN(C)C(=O)N1CC2CCC1CC2. The highest BCUT2D eigenvalue weighted by molar-refractivity contribution is 5.74. The summed E-state index contributed by atoms with van der Waals surface area (Å²) in [6.07, 6.45) is 5.14. The zero-order chi connectivity index (χ0) is 10.1. The van der Waals surface area contributed by atoms with E-state index in [-0.39, 0.29) is 6.03 Å². The Labute approximate surface area is 86.1 Å². The molecule has 3 fully saturated rings. The number of carbonyl (C=O) groups excluding carboxylic acids is 1. The molecular weight excluding hydrogens is 176 g/mol. The van der Waals surface area contributed by atoms with Crippen molar-refractivity contribution in [1.29, 1.82) is 0 Å². The lowest BCUT2D eigenvalue weighted by molar-refractivity contribution is 0.0601. The Bertz CT molecular complexity index is 221. The van der Waals surface area contributed by atoms with Gasteiger partial charge in [-0.2, -0.15) is 0 Å². The van der Waals surface area contributed by atoms with Crippen molar-refractivity contribution < 1.29 is 4.79 Å². The fraction of sp³-hybridized carbons (Fsp3) is 0.909. The Morgan fingerprint density at radius 2 is 2.00 bits per heavy atom. The van der Waals surface area contributed by atoms with Gasteiger partial charge in [0, 0.05) is 26.2 Å². The number of hydrogen-bond acceptors (Lipinski definition) is 1. The quantitative estimate of drug-likeness (QED) is 0.628. The fourth-order valence-electron chi connectivity index (χ4n) is 2.66. The summed E-state index contributed by atoms with van der Waals surface area (Å²) in [5, 5.41) is 0. The van der Waals surface area contributed by atoms with Crippen LogP contribution >= 0.6 is 0 Å². The van der Waals surface area contributed by atoms with Crippen LogP contribution < -0.4 is 0 Å². The van der Waals surface area contributed by atoms with E-state index in [0.29, 0.717) is 6.04 Å². The first-order valence-corrected chi connectivity index (χ1v) is 5.74. The normalized spacial score (nSPS) is 30.6. The summed E-state index contributed by atoms with van der Waals surface area (Å²) in [6.45, 7) is 3.85. The lowest BCUT2D eigenvalue weighted by atomic mass is 9.80. The smallest absolute Gasteiger partial charge is 0.319 e. The van der Waals surface area contributed by atoms with E-state index in [0.717, 1.165) is 19.0 Å². The first-order valence-electron chi connectivity index (χ1n) is 5.74. The van der Waals surface area contributed by atoms with E-state index in [1.54, 1.807) is 0 Å². The largest absolute Gasteiger partial charge is 0.328 e. The van der Waals surface area contributed by atoms with Crippen molar-refractivity contribution in [2.24, 2.45) is 5.92 Å². The summed E-state index contributed by atoms with van der Waals surface area (Å²) >= 11 is 0. The third-order valence-electron chi connectivity index (χ3n) is 3.76. The van der Waals surface area contributed by atoms with E-state index in [4.69, 9.17) is 0 Å². The molecule has 2 saturated heterocycles. The molecule has 3 rings (SSSR count). The van der Waals surface area contributed by atoms with Gasteiger partial charge < -0.3 is 9.80 Å². The second-order valence-electron chi connectivity index (χ2n) is 4.62. The van der Waals surface area contributed by atoms with Gasteiger partial charge in [-0.25, -0.2) is 4.79 Å².